The van der Waals surface area contributed by atoms with Gasteiger partial charge in [0.1, 0.15) is 17.6 Å². The molecule has 138 valence electrons. The van der Waals surface area contributed by atoms with Crippen LogP contribution in [0.15, 0.2) is 42.5 Å². The van der Waals surface area contributed by atoms with Gasteiger partial charge in [0.05, 0.1) is 26.0 Å². The third kappa shape index (κ3) is 4.12. The lowest BCUT2D eigenvalue weighted by Gasteiger charge is -2.33. The van der Waals surface area contributed by atoms with Gasteiger partial charge in [-0.25, -0.2) is 4.39 Å². The van der Waals surface area contributed by atoms with Crippen LogP contribution in [0.25, 0.3) is 0 Å². The van der Waals surface area contributed by atoms with Gasteiger partial charge in [-0.15, -0.1) is 0 Å². The maximum absolute atomic E-state index is 13.7. The number of halogens is 1. The fourth-order valence-electron chi connectivity index (χ4n) is 3.06. The second kappa shape index (κ2) is 8.16. The van der Waals surface area contributed by atoms with Crippen LogP contribution in [0, 0.1) is 5.82 Å². The molecule has 6 nitrogen and oxygen atoms in total. The minimum atomic E-state index is -0.613. The van der Waals surface area contributed by atoms with Gasteiger partial charge in [0.2, 0.25) is 5.91 Å². The van der Waals surface area contributed by atoms with E-state index in [1.165, 1.54) is 19.2 Å². The molecule has 2 aromatic carbocycles. The van der Waals surface area contributed by atoms with Crippen molar-refractivity contribution >= 4 is 17.3 Å². The summed E-state index contributed by atoms with van der Waals surface area (Å²) >= 11 is 0. The van der Waals surface area contributed by atoms with Gasteiger partial charge < -0.3 is 20.5 Å². The maximum Gasteiger partial charge on any atom is 0.246 e. The first-order chi connectivity index (χ1) is 12.6. The standard InChI is InChI=1S/C19H22FN3O3/c1-25-17-6-5-15(12-16(17)21)22-19(24)18(23-7-9-26-10-8-23)13-3-2-4-14(20)11-13/h2-6,11-12,18H,7-10,21H2,1H3,(H,22,24). The third-order valence-corrected chi connectivity index (χ3v) is 4.32. The van der Waals surface area contributed by atoms with Crippen LogP contribution in [0.4, 0.5) is 15.8 Å². The molecule has 1 aliphatic heterocycles. The summed E-state index contributed by atoms with van der Waals surface area (Å²) in [6.45, 7) is 2.27. The molecule has 1 aliphatic rings. The molecule has 0 aliphatic carbocycles. The lowest BCUT2D eigenvalue weighted by atomic mass is 10.0. The lowest BCUT2D eigenvalue weighted by Crippen LogP contribution is -2.43. The highest BCUT2D eigenvalue weighted by Crippen LogP contribution is 2.28. The Labute approximate surface area is 151 Å². The molecule has 26 heavy (non-hydrogen) atoms. The molecule has 1 unspecified atom stereocenters. The van der Waals surface area contributed by atoms with Crippen molar-refractivity contribution in [2.45, 2.75) is 6.04 Å². The number of nitrogens with zero attached hydrogens (tertiary/aromatic N) is 1. The van der Waals surface area contributed by atoms with E-state index in [0.717, 1.165) is 0 Å². The number of anilines is 2. The lowest BCUT2D eigenvalue weighted by molar-refractivity contribution is -0.123. The van der Waals surface area contributed by atoms with Crippen molar-refractivity contribution in [2.24, 2.45) is 0 Å². The summed E-state index contributed by atoms with van der Waals surface area (Å²) in [5, 5.41) is 2.87. The number of methoxy groups -OCH3 is 1. The van der Waals surface area contributed by atoms with E-state index in [9.17, 15) is 9.18 Å². The van der Waals surface area contributed by atoms with Crippen molar-refractivity contribution in [1.29, 1.82) is 0 Å². The van der Waals surface area contributed by atoms with Crippen LogP contribution in [0.2, 0.25) is 0 Å². The molecule has 3 N–H and O–H groups in total. The Morgan fingerprint density at radius 3 is 2.69 bits per heavy atom. The smallest absolute Gasteiger partial charge is 0.246 e. The van der Waals surface area contributed by atoms with Crippen molar-refractivity contribution < 1.29 is 18.7 Å². The molecule has 1 amide bonds. The molecule has 1 saturated heterocycles. The number of nitrogen functional groups attached to an aromatic ring is 1. The van der Waals surface area contributed by atoms with Gasteiger partial charge in [-0.1, -0.05) is 12.1 Å². The molecule has 1 atom stereocenters. The number of amides is 1. The highest BCUT2D eigenvalue weighted by Gasteiger charge is 2.29. The monoisotopic (exact) mass is 359 g/mol. The van der Waals surface area contributed by atoms with E-state index >= 15 is 0 Å². The van der Waals surface area contributed by atoms with E-state index in [1.807, 2.05) is 4.90 Å². The Hall–Kier alpha value is -2.64. The first kappa shape index (κ1) is 18.2. The number of nitrogens with one attached hydrogen (secondary N) is 1. The van der Waals surface area contributed by atoms with Gasteiger partial charge in [-0.05, 0) is 35.9 Å². The summed E-state index contributed by atoms with van der Waals surface area (Å²) in [5.74, 6) is -0.0813. The van der Waals surface area contributed by atoms with Gasteiger partial charge in [-0.3, -0.25) is 9.69 Å². The van der Waals surface area contributed by atoms with Crippen molar-refractivity contribution in [2.75, 3.05) is 44.5 Å². The summed E-state index contributed by atoms with van der Waals surface area (Å²) in [6, 6.07) is 10.6. The van der Waals surface area contributed by atoms with Crippen LogP contribution >= 0.6 is 0 Å². The second-order valence-corrected chi connectivity index (χ2v) is 6.05. The molecule has 3 rings (SSSR count). The molecular formula is C19H22FN3O3. The van der Waals surface area contributed by atoms with Gasteiger partial charge >= 0.3 is 0 Å². The summed E-state index contributed by atoms with van der Waals surface area (Å²) in [4.78, 5) is 15.0. The van der Waals surface area contributed by atoms with E-state index in [1.54, 1.807) is 30.3 Å². The molecule has 1 heterocycles. The van der Waals surface area contributed by atoms with E-state index in [0.29, 0.717) is 49.0 Å². The molecule has 0 spiro atoms. The Morgan fingerprint density at radius 1 is 1.27 bits per heavy atom. The number of morpholine rings is 1. The van der Waals surface area contributed by atoms with Crippen LogP contribution in [-0.2, 0) is 9.53 Å². The summed E-state index contributed by atoms with van der Waals surface area (Å²) in [5.41, 5.74) is 7.50. The predicted octanol–water partition coefficient (Wildman–Crippen LogP) is 2.43. The average molecular weight is 359 g/mol. The van der Waals surface area contributed by atoms with Gasteiger partial charge in [0.15, 0.2) is 0 Å². The van der Waals surface area contributed by atoms with E-state index in [2.05, 4.69) is 5.32 Å². The largest absolute Gasteiger partial charge is 0.495 e. The maximum atomic E-state index is 13.7. The van der Waals surface area contributed by atoms with Crippen molar-refractivity contribution in [1.82, 2.24) is 4.90 Å². The minimum Gasteiger partial charge on any atom is -0.495 e. The Morgan fingerprint density at radius 2 is 2.04 bits per heavy atom. The highest BCUT2D eigenvalue weighted by molar-refractivity contribution is 5.96. The van der Waals surface area contributed by atoms with Crippen molar-refractivity contribution in [3.8, 4) is 5.75 Å². The number of hydrogen-bond acceptors (Lipinski definition) is 5. The number of hydrogen-bond donors (Lipinski definition) is 2. The summed E-state index contributed by atoms with van der Waals surface area (Å²) < 4.78 is 24.2. The van der Waals surface area contributed by atoms with Crippen LogP contribution < -0.4 is 15.8 Å². The molecule has 0 bridgehead atoms. The Kier molecular flexibility index (Phi) is 5.70. The average Bonchev–Trinajstić information content (AvgIpc) is 2.63. The summed E-state index contributed by atoms with van der Waals surface area (Å²) in [7, 11) is 1.53. The zero-order valence-electron chi connectivity index (χ0n) is 14.6. The van der Waals surface area contributed by atoms with Crippen LogP contribution in [0.1, 0.15) is 11.6 Å². The predicted molar refractivity (Wildman–Crippen MR) is 97.6 cm³/mol. The first-order valence-electron chi connectivity index (χ1n) is 8.40. The van der Waals surface area contributed by atoms with Crippen LogP contribution in [0.3, 0.4) is 0 Å². The number of ether oxygens (including phenoxy) is 2. The fourth-order valence-corrected chi connectivity index (χ4v) is 3.06. The van der Waals surface area contributed by atoms with Gasteiger partial charge in [-0.2, -0.15) is 0 Å². The van der Waals surface area contributed by atoms with E-state index < -0.39 is 6.04 Å². The number of carbonyl (C=O) groups excluding carboxylic acids is 1. The quantitative estimate of drug-likeness (QED) is 0.802. The van der Waals surface area contributed by atoms with Crippen molar-refractivity contribution in [3.05, 3.63) is 53.8 Å². The first-order valence-corrected chi connectivity index (χ1v) is 8.40. The molecule has 1 fully saturated rings. The van der Waals surface area contributed by atoms with Gasteiger partial charge in [0, 0.05) is 18.8 Å². The molecule has 0 radical (unpaired) electrons. The molecule has 0 aromatic heterocycles. The fraction of sp³-hybridized carbons (Fsp3) is 0.316. The number of rotatable bonds is 5. The normalized spacial score (nSPS) is 16.1. The van der Waals surface area contributed by atoms with E-state index in [4.69, 9.17) is 15.2 Å². The molecular weight excluding hydrogens is 337 g/mol. The second-order valence-electron chi connectivity index (χ2n) is 6.05. The Bertz CT molecular complexity index is 778. The Balaban J connectivity index is 1.85. The minimum absolute atomic E-state index is 0.248. The molecule has 0 saturated carbocycles. The zero-order chi connectivity index (χ0) is 18.5. The van der Waals surface area contributed by atoms with Crippen LogP contribution in [-0.4, -0.2) is 44.2 Å². The number of nitrogens with two attached hydrogens (primary N) is 1. The molecule has 7 heteroatoms. The third-order valence-electron chi connectivity index (χ3n) is 4.32. The van der Waals surface area contributed by atoms with Crippen LogP contribution in [0.5, 0.6) is 5.75 Å². The topological polar surface area (TPSA) is 76.8 Å². The van der Waals surface area contributed by atoms with E-state index in [-0.39, 0.29) is 11.7 Å². The molecule has 2 aromatic rings. The number of carbonyl (C=O) groups is 1. The SMILES string of the molecule is COc1ccc(NC(=O)C(c2cccc(F)c2)N2CCOCC2)cc1N. The van der Waals surface area contributed by atoms with Gasteiger partial charge in [0.25, 0.3) is 0 Å². The van der Waals surface area contributed by atoms with Crippen molar-refractivity contribution in [3.63, 3.8) is 0 Å². The summed E-state index contributed by atoms with van der Waals surface area (Å²) in [6.07, 6.45) is 0. The number of benzene rings is 2. The zero-order valence-corrected chi connectivity index (χ0v) is 14.6. The highest BCUT2D eigenvalue weighted by atomic mass is 19.1.